The Bertz CT molecular complexity index is 376. The number of amides is 1. The van der Waals surface area contributed by atoms with Gasteiger partial charge in [0.25, 0.3) is 0 Å². The fourth-order valence-corrected chi connectivity index (χ4v) is 1.74. The number of carbonyl (C=O) groups is 4. The molecule has 1 N–H and O–H groups in total. The van der Waals surface area contributed by atoms with Gasteiger partial charge in [-0.25, -0.2) is 9.59 Å². The van der Waals surface area contributed by atoms with Crippen molar-refractivity contribution in [3.63, 3.8) is 0 Å². The van der Waals surface area contributed by atoms with Gasteiger partial charge in [-0.2, -0.15) is 0 Å². The molecule has 0 heterocycles. The van der Waals surface area contributed by atoms with E-state index in [-0.39, 0.29) is 12.3 Å². The maximum Gasteiger partial charge on any atom is 0.410 e. The van der Waals surface area contributed by atoms with Crippen LogP contribution in [-0.2, 0) is 28.5 Å². The lowest BCUT2D eigenvalue weighted by atomic mass is 10.7. The highest BCUT2D eigenvalue weighted by Crippen LogP contribution is 2.08. The molecule has 0 aliphatic carbocycles. The lowest BCUT2D eigenvalue weighted by Crippen LogP contribution is -2.31. The average Bonchev–Trinajstić information content (AvgIpc) is 2.32. The lowest BCUT2D eigenvalue weighted by Gasteiger charge is -2.13. The van der Waals surface area contributed by atoms with Gasteiger partial charge in [-0.3, -0.25) is 9.59 Å². The van der Waals surface area contributed by atoms with Crippen LogP contribution in [0, 0.1) is 0 Å². The number of thioether (sulfide) groups is 1. The molecule has 2 unspecified atom stereocenters. The van der Waals surface area contributed by atoms with Gasteiger partial charge in [-0.1, -0.05) is 0 Å². The molecule has 0 aromatic rings. The first kappa shape index (κ1) is 20.0. The van der Waals surface area contributed by atoms with Crippen molar-refractivity contribution in [1.29, 1.82) is 0 Å². The van der Waals surface area contributed by atoms with Crippen LogP contribution in [0.1, 0.15) is 27.7 Å². The second kappa shape index (κ2) is 10.7. The van der Waals surface area contributed by atoms with E-state index in [1.165, 1.54) is 27.7 Å². The van der Waals surface area contributed by atoms with Gasteiger partial charge in [-0.15, -0.1) is 0 Å². The summed E-state index contributed by atoms with van der Waals surface area (Å²) in [7, 11) is 0. The molecule has 1 amide bonds. The van der Waals surface area contributed by atoms with Crippen molar-refractivity contribution < 1.29 is 38.1 Å². The Hall–Kier alpha value is -1.97. The molecule has 0 fully saturated rings. The Morgan fingerprint density at radius 1 is 0.909 bits per heavy atom. The first-order chi connectivity index (χ1) is 10.2. The fourth-order valence-electron chi connectivity index (χ4n) is 1.16. The molecule has 0 rings (SSSR count). The van der Waals surface area contributed by atoms with Crippen molar-refractivity contribution in [2.75, 3.05) is 12.3 Å². The van der Waals surface area contributed by atoms with E-state index < -0.39 is 35.9 Å². The van der Waals surface area contributed by atoms with Crippen LogP contribution in [0.3, 0.4) is 0 Å². The number of nitrogens with one attached hydrogen (secondary N) is 1. The standard InChI is InChI=1S/C12H19NO8S/c1-7(14)18-9(3)20-11(16)13-5-6-22-12(17)21-10(4)19-8(2)15/h9-10H,5-6H2,1-4H3,(H,13,16). The maximum absolute atomic E-state index is 11.3. The molecule has 2 atom stereocenters. The highest BCUT2D eigenvalue weighted by atomic mass is 32.2. The molecule has 0 aromatic heterocycles. The molecule has 22 heavy (non-hydrogen) atoms. The van der Waals surface area contributed by atoms with Gasteiger partial charge >= 0.3 is 23.3 Å². The number of esters is 2. The summed E-state index contributed by atoms with van der Waals surface area (Å²) in [5.41, 5.74) is 0. The molecule has 0 saturated carbocycles. The normalized spacial score (nSPS) is 12.5. The van der Waals surface area contributed by atoms with E-state index >= 15 is 0 Å². The molecule has 0 spiro atoms. The van der Waals surface area contributed by atoms with Crippen LogP contribution in [0.5, 0.6) is 0 Å². The molecule has 0 aliphatic rings. The Morgan fingerprint density at radius 3 is 1.91 bits per heavy atom. The minimum atomic E-state index is -1.00. The van der Waals surface area contributed by atoms with Gasteiger partial charge in [-0.05, 0) is 11.8 Å². The lowest BCUT2D eigenvalue weighted by molar-refractivity contribution is -0.162. The van der Waals surface area contributed by atoms with Gasteiger partial charge < -0.3 is 24.3 Å². The third-order valence-corrected chi connectivity index (χ3v) is 2.53. The van der Waals surface area contributed by atoms with E-state index in [0.29, 0.717) is 0 Å². The van der Waals surface area contributed by atoms with Crippen LogP contribution in [0.15, 0.2) is 0 Å². The summed E-state index contributed by atoms with van der Waals surface area (Å²) in [5, 5.41) is 1.72. The molecule has 0 bridgehead atoms. The number of hydrogen-bond donors (Lipinski definition) is 1. The molecular formula is C12H19NO8S. The third kappa shape index (κ3) is 11.8. The molecule has 126 valence electrons. The Balaban J connectivity index is 3.74. The molecule has 9 nitrogen and oxygen atoms in total. The van der Waals surface area contributed by atoms with Gasteiger partial charge in [0, 0.05) is 40.0 Å². The number of alkyl carbamates (subject to hydrolysis) is 1. The number of rotatable bonds is 7. The zero-order chi connectivity index (χ0) is 17.1. The van der Waals surface area contributed by atoms with E-state index in [1.807, 2.05) is 0 Å². The highest BCUT2D eigenvalue weighted by Gasteiger charge is 2.13. The molecule has 0 saturated heterocycles. The number of ether oxygens (including phenoxy) is 4. The Morgan fingerprint density at radius 2 is 1.41 bits per heavy atom. The second-order valence-corrected chi connectivity index (χ2v) is 4.93. The monoisotopic (exact) mass is 337 g/mol. The summed E-state index contributed by atoms with van der Waals surface area (Å²) >= 11 is 0.795. The largest absolute Gasteiger partial charge is 0.426 e. The Labute approximate surface area is 132 Å². The van der Waals surface area contributed by atoms with Crippen molar-refractivity contribution in [3.05, 3.63) is 0 Å². The van der Waals surface area contributed by atoms with Crippen LogP contribution in [0.25, 0.3) is 0 Å². The van der Waals surface area contributed by atoms with Crippen LogP contribution in [0.2, 0.25) is 0 Å². The predicted octanol–water partition coefficient (Wildman–Crippen LogP) is 1.40. The zero-order valence-corrected chi connectivity index (χ0v) is 13.6. The van der Waals surface area contributed by atoms with Crippen molar-refractivity contribution in [2.45, 2.75) is 40.3 Å². The molecule has 0 aromatic carbocycles. The molecule has 10 heteroatoms. The van der Waals surface area contributed by atoms with E-state index in [2.05, 4.69) is 14.8 Å². The van der Waals surface area contributed by atoms with Gasteiger partial charge in [0.2, 0.25) is 12.6 Å². The summed E-state index contributed by atoms with van der Waals surface area (Å²) < 4.78 is 18.7. The molecule has 0 radical (unpaired) electrons. The van der Waals surface area contributed by atoms with E-state index in [0.717, 1.165) is 11.8 Å². The van der Waals surface area contributed by atoms with Gasteiger partial charge in [0.15, 0.2) is 0 Å². The number of carbonyl (C=O) groups excluding carboxylic acids is 4. The van der Waals surface area contributed by atoms with Crippen molar-refractivity contribution in [2.24, 2.45) is 0 Å². The SMILES string of the molecule is CC(=O)OC(C)OC(=O)NCCSC(=O)OC(C)OC(C)=O. The first-order valence-electron chi connectivity index (χ1n) is 6.33. The highest BCUT2D eigenvalue weighted by molar-refractivity contribution is 8.13. The third-order valence-electron chi connectivity index (χ3n) is 1.79. The van der Waals surface area contributed by atoms with Crippen LogP contribution in [-0.4, -0.2) is 48.2 Å². The first-order valence-corrected chi connectivity index (χ1v) is 7.31. The van der Waals surface area contributed by atoms with Crippen molar-refractivity contribution >= 4 is 35.1 Å². The van der Waals surface area contributed by atoms with E-state index in [9.17, 15) is 19.2 Å². The zero-order valence-electron chi connectivity index (χ0n) is 12.7. The average molecular weight is 337 g/mol. The summed E-state index contributed by atoms with van der Waals surface area (Å²) in [4.78, 5) is 43.8. The fraction of sp³-hybridized carbons (Fsp3) is 0.667. The predicted molar refractivity (Wildman–Crippen MR) is 75.9 cm³/mol. The summed E-state index contributed by atoms with van der Waals surface area (Å²) in [6, 6.07) is 0. The van der Waals surface area contributed by atoms with Gasteiger partial charge in [0.05, 0.1) is 0 Å². The summed E-state index contributed by atoms with van der Waals surface area (Å²) in [5.74, 6) is -0.903. The minimum Gasteiger partial charge on any atom is -0.426 e. The smallest absolute Gasteiger partial charge is 0.410 e. The van der Waals surface area contributed by atoms with Crippen LogP contribution >= 0.6 is 11.8 Å². The van der Waals surface area contributed by atoms with E-state index in [1.54, 1.807) is 0 Å². The van der Waals surface area contributed by atoms with Crippen molar-refractivity contribution in [1.82, 2.24) is 5.32 Å². The van der Waals surface area contributed by atoms with Crippen LogP contribution < -0.4 is 5.32 Å². The minimum absolute atomic E-state index is 0.132. The maximum atomic E-state index is 11.3. The summed E-state index contributed by atoms with van der Waals surface area (Å²) in [6.07, 6.45) is -2.75. The second-order valence-electron chi connectivity index (χ2n) is 3.90. The topological polar surface area (TPSA) is 117 Å². The molecular weight excluding hydrogens is 318 g/mol. The quantitative estimate of drug-likeness (QED) is 0.418. The number of hydrogen-bond acceptors (Lipinski definition) is 9. The Kier molecular flexibility index (Phi) is 9.75. The van der Waals surface area contributed by atoms with Crippen molar-refractivity contribution in [3.8, 4) is 0 Å². The van der Waals surface area contributed by atoms with E-state index in [4.69, 9.17) is 9.47 Å². The molecule has 0 aliphatic heterocycles. The van der Waals surface area contributed by atoms with Crippen LogP contribution in [0.4, 0.5) is 9.59 Å². The van der Waals surface area contributed by atoms with Gasteiger partial charge in [0.1, 0.15) is 0 Å². The summed E-state index contributed by atoms with van der Waals surface area (Å²) in [6.45, 7) is 5.32.